The summed E-state index contributed by atoms with van der Waals surface area (Å²) in [6.45, 7) is 3.30. The Balaban J connectivity index is 1.63. The number of nitrogens with zero attached hydrogens (tertiary/aromatic N) is 2. The van der Waals surface area contributed by atoms with Gasteiger partial charge in [0.2, 0.25) is 0 Å². The number of nitrogens with one attached hydrogen (secondary N) is 2. The van der Waals surface area contributed by atoms with Crippen LogP contribution in [0.25, 0.3) is 11.0 Å². The van der Waals surface area contributed by atoms with Crippen molar-refractivity contribution in [2.75, 3.05) is 11.9 Å². The van der Waals surface area contributed by atoms with E-state index in [1.165, 1.54) is 6.07 Å². The quantitative estimate of drug-likeness (QED) is 0.697. The second kappa shape index (κ2) is 7.95. The molecule has 0 aliphatic heterocycles. The minimum atomic E-state index is -0.811. The maximum absolute atomic E-state index is 13.6. The number of hydrogen-bond donors (Lipinski definition) is 2. The number of halogens is 2. The topological polar surface area (TPSA) is 59.0 Å². The SMILES string of the molecule is CCCn1cc(CCNC(=O)Nc2c(F)cccc2F)c2cccnc21. The van der Waals surface area contributed by atoms with Gasteiger partial charge in [0.15, 0.2) is 0 Å². The summed E-state index contributed by atoms with van der Waals surface area (Å²) >= 11 is 0. The van der Waals surface area contributed by atoms with E-state index in [1.54, 1.807) is 6.20 Å². The lowest BCUT2D eigenvalue weighted by molar-refractivity contribution is 0.252. The Kier molecular flexibility index (Phi) is 5.46. The second-order valence-electron chi connectivity index (χ2n) is 5.95. The minimum absolute atomic E-state index is 0.335. The summed E-state index contributed by atoms with van der Waals surface area (Å²) < 4.78 is 29.2. The van der Waals surface area contributed by atoms with Crippen LogP contribution in [-0.2, 0) is 13.0 Å². The molecule has 0 saturated heterocycles. The molecule has 0 bridgehead atoms. The number of carbonyl (C=O) groups is 1. The molecule has 0 atom stereocenters. The van der Waals surface area contributed by atoms with Crippen LogP contribution in [-0.4, -0.2) is 22.1 Å². The van der Waals surface area contributed by atoms with E-state index in [2.05, 4.69) is 27.1 Å². The number of para-hydroxylation sites is 1. The van der Waals surface area contributed by atoms with Crippen LogP contribution >= 0.6 is 0 Å². The lowest BCUT2D eigenvalue weighted by Gasteiger charge is -2.09. The fourth-order valence-corrected chi connectivity index (χ4v) is 2.89. The Morgan fingerprint density at radius 3 is 2.69 bits per heavy atom. The average Bonchev–Trinajstić information content (AvgIpc) is 2.97. The van der Waals surface area contributed by atoms with Crippen LogP contribution in [0.3, 0.4) is 0 Å². The zero-order chi connectivity index (χ0) is 18.5. The van der Waals surface area contributed by atoms with Crippen molar-refractivity contribution < 1.29 is 13.6 Å². The molecule has 0 aliphatic carbocycles. The van der Waals surface area contributed by atoms with Crippen molar-refractivity contribution in [3.63, 3.8) is 0 Å². The van der Waals surface area contributed by atoms with Gasteiger partial charge in [-0.25, -0.2) is 18.6 Å². The number of aryl methyl sites for hydroxylation is 1. The summed E-state index contributed by atoms with van der Waals surface area (Å²) in [5.74, 6) is -1.62. The molecule has 2 heterocycles. The molecule has 0 aliphatic rings. The number of rotatable bonds is 6. The van der Waals surface area contributed by atoms with E-state index in [4.69, 9.17) is 0 Å². The first kappa shape index (κ1) is 17.8. The lowest BCUT2D eigenvalue weighted by Crippen LogP contribution is -2.31. The monoisotopic (exact) mass is 358 g/mol. The number of aromatic nitrogens is 2. The molecule has 136 valence electrons. The van der Waals surface area contributed by atoms with Gasteiger partial charge in [0.05, 0.1) is 0 Å². The molecule has 0 saturated carbocycles. The van der Waals surface area contributed by atoms with Gasteiger partial charge in [0.25, 0.3) is 0 Å². The maximum Gasteiger partial charge on any atom is 0.319 e. The largest absolute Gasteiger partial charge is 0.338 e. The van der Waals surface area contributed by atoms with Gasteiger partial charge in [0, 0.05) is 30.9 Å². The highest BCUT2D eigenvalue weighted by Gasteiger charge is 2.12. The van der Waals surface area contributed by atoms with Crippen molar-refractivity contribution in [3.05, 3.63) is 59.9 Å². The Hall–Kier alpha value is -2.96. The Morgan fingerprint density at radius 2 is 1.96 bits per heavy atom. The molecule has 3 rings (SSSR count). The van der Waals surface area contributed by atoms with E-state index >= 15 is 0 Å². The number of benzene rings is 1. The van der Waals surface area contributed by atoms with Crippen LogP contribution in [0.2, 0.25) is 0 Å². The Morgan fingerprint density at radius 1 is 1.19 bits per heavy atom. The van der Waals surface area contributed by atoms with Crippen LogP contribution in [0.1, 0.15) is 18.9 Å². The second-order valence-corrected chi connectivity index (χ2v) is 5.95. The standard InChI is InChI=1S/C19H20F2N4O/c1-2-11-25-12-13(14-5-4-9-22-18(14)25)8-10-23-19(26)24-17-15(20)6-3-7-16(17)21/h3-7,9,12H,2,8,10-11H2,1H3,(H2,23,24,26). The van der Waals surface area contributed by atoms with Crippen molar-refractivity contribution in [2.24, 2.45) is 0 Å². The summed E-state index contributed by atoms with van der Waals surface area (Å²) in [5, 5.41) is 5.88. The van der Waals surface area contributed by atoms with Crippen molar-refractivity contribution in [3.8, 4) is 0 Å². The van der Waals surface area contributed by atoms with E-state index < -0.39 is 23.4 Å². The predicted molar refractivity (Wildman–Crippen MR) is 97.1 cm³/mol. The molecular weight excluding hydrogens is 338 g/mol. The number of pyridine rings is 1. The zero-order valence-corrected chi connectivity index (χ0v) is 14.4. The van der Waals surface area contributed by atoms with Gasteiger partial charge < -0.3 is 15.2 Å². The van der Waals surface area contributed by atoms with Gasteiger partial charge in [0.1, 0.15) is 23.0 Å². The number of carbonyl (C=O) groups excluding carboxylic acids is 1. The van der Waals surface area contributed by atoms with Gasteiger partial charge in [-0.05, 0) is 42.7 Å². The van der Waals surface area contributed by atoms with Crippen molar-refractivity contribution >= 4 is 22.8 Å². The van der Waals surface area contributed by atoms with E-state index in [1.807, 2.05) is 18.3 Å². The molecule has 0 unspecified atom stereocenters. The van der Waals surface area contributed by atoms with Crippen LogP contribution in [0.4, 0.5) is 19.3 Å². The van der Waals surface area contributed by atoms with E-state index in [0.29, 0.717) is 13.0 Å². The van der Waals surface area contributed by atoms with Gasteiger partial charge in [-0.15, -0.1) is 0 Å². The average molecular weight is 358 g/mol. The molecule has 1 aromatic carbocycles. The number of urea groups is 1. The number of hydrogen-bond acceptors (Lipinski definition) is 2. The third-order valence-electron chi connectivity index (χ3n) is 4.06. The van der Waals surface area contributed by atoms with Crippen LogP contribution in [0.15, 0.2) is 42.7 Å². The van der Waals surface area contributed by atoms with E-state index in [-0.39, 0.29) is 0 Å². The normalized spacial score (nSPS) is 10.9. The predicted octanol–water partition coefficient (Wildman–Crippen LogP) is 4.09. The van der Waals surface area contributed by atoms with Crippen LogP contribution < -0.4 is 10.6 Å². The molecule has 5 nitrogen and oxygen atoms in total. The molecule has 7 heteroatoms. The summed E-state index contributed by atoms with van der Waals surface area (Å²) in [4.78, 5) is 16.3. The van der Waals surface area contributed by atoms with Gasteiger partial charge in [-0.3, -0.25) is 0 Å². The molecule has 2 aromatic heterocycles. The molecule has 0 fully saturated rings. The Bertz CT molecular complexity index is 903. The molecular formula is C19H20F2N4O. The highest BCUT2D eigenvalue weighted by atomic mass is 19.1. The first-order valence-corrected chi connectivity index (χ1v) is 8.51. The maximum atomic E-state index is 13.6. The molecule has 2 amide bonds. The van der Waals surface area contributed by atoms with Crippen molar-refractivity contribution in [1.82, 2.24) is 14.9 Å². The number of amides is 2. The smallest absolute Gasteiger partial charge is 0.319 e. The molecule has 0 spiro atoms. The highest BCUT2D eigenvalue weighted by molar-refractivity contribution is 5.89. The summed E-state index contributed by atoms with van der Waals surface area (Å²) in [7, 11) is 0. The molecule has 26 heavy (non-hydrogen) atoms. The van der Waals surface area contributed by atoms with E-state index in [0.717, 1.165) is 41.7 Å². The highest BCUT2D eigenvalue weighted by Crippen LogP contribution is 2.20. The number of fused-ring (bicyclic) bond motifs is 1. The third-order valence-corrected chi connectivity index (χ3v) is 4.06. The third kappa shape index (κ3) is 3.82. The summed E-state index contributed by atoms with van der Waals surface area (Å²) in [5.41, 5.74) is 1.54. The van der Waals surface area contributed by atoms with Gasteiger partial charge in [-0.1, -0.05) is 13.0 Å². The summed E-state index contributed by atoms with van der Waals surface area (Å²) in [6.07, 6.45) is 5.38. The Labute approximate surface area is 150 Å². The zero-order valence-electron chi connectivity index (χ0n) is 14.4. The van der Waals surface area contributed by atoms with Gasteiger partial charge >= 0.3 is 6.03 Å². The van der Waals surface area contributed by atoms with E-state index in [9.17, 15) is 13.6 Å². The number of anilines is 1. The van der Waals surface area contributed by atoms with Crippen molar-refractivity contribution in [1.29, 1.82) is 0 Å². The minimum Gasteiger partial charge on any atom is -0.338 e. The van der Waals surface area contributed by atoms with Gasteiger partial charge in [-0.2, -0.15) is 0 Å². The van der Waals surface area contributed by atoms with Crippen molar-refractivity contribution in [2.45, 2.75) is 26.3 Å². The first-order valence-electron chi connectivity index (χ1n) is 8.51. The van der Waals surface area contributed by atoms with Crippen LogP contribution in [0, 0.1) is 11.6 Å². The molecule has 3 aromatic rings. The molecule has 0 radical (unpaired) electrons. The van der Waals surface area contributed by atoms with Crippen LogP contribution in [0.5, 0.6) is 0 Å². The fraction of sp³-hybridized carbons (Fsp3) is 0.263. The fourth-order valence-electron chi connectivity index (χ4n) is 2.89. The lowest BCUT2D eigenvalue weighted by atomic mass is 10.1. The first-order chi connectivity index (χ1) is 12.6. The summed E-state index contributed by atoms with van der Waals surface area (Å²) in [6, 6.07) is 6.66. The molecule has 2 N–H and O–H groups in total.